The smallest absolute Gasteiger partial charge is 0.251 e. The van der Waals surface area contributed by atoms with Crippen LogP contribution in [0.3, 0.4) is 0 Å². The average molecular weight is 531 g/mol. The average Bonchev–Trinajstić information content (AvgIpc) is 2.75. The first-order valence-corrected chi connectivity index (χ1v) is 10.1. The van der Waals surface area contributed by atoms with Gasteiger partial charge in [-0.2, -0.15) is 0 Å². The fourth-order valence-electron chi connectivity index (χ4n) is 2.98. The molecule has 1 aromatic rings. The van der Waals surface area contributed by atoms with Crippen LogP contribution in [0, 0.1) is 0 Å². The molecule has 1 saturated heterocycles. The SMILES string of the molecule is CNC(=O)c1cccc(CCNC(=NCC(=O)N(C)C)NCC2CCCCO2)c1.I. The van der Waals surface area contributed by atoms with Gasteiger partial charge in [0, 0.05) is 46.4 Å². The van der Waals surface area contributed by atoms with Crippen LogP contribution < -0.4 is 16.0 Å². The van der Waals surface area contributed by atoms with E-state index in [4.69, 9.17) is 4.74 Å². The van der Waals surface area contributed by atoms with Gasteiger partial charge in [0.05, 0.1) is 6.10 Å². The molecule has 0 radical (unpaired) electrons. The number of aliphatic imine (C=N–C) groups is 1. The molecule has 30 heavy (non-hydrogen) atoms. The number of carbonyl (C=O) groups excluding carboxylic acids is 2. The minimum atomic E-state index is -0.0987. The number of nitrogens with one attached hydrogen (secondary N) is 3. The lowest BCUT2D eigenvalue weighted by molar-refractivity contribution is -0.127. The van der Waals surface area contributed by atoms with E-state index in [0.717, 1.165) is 31.4 Å². The Morgan fingerprint density at radius 1 is 1.23 bits per heavy atom. The zero-order chi connectivity index (χ0) is 21.1. The summed E-state index contributed by atoms with van der Waals surface area (Å²) in [4.78, 5) is 29.6. The van der Waals surface area contributed by atoms with Crippen molar-refractivity contribution in [1.82, 2.24) is 20.9 Å². The Bertz CT molecular complexity index is 706. The molecule has 1 heterocycles. The van der Waals surface area contributed by atoms with Crippen LogP contribution >= 0.6 is 24.0 Å². The minimum Gasteiger partial charge on any atom is -0.376 e. The number of hydrogen-bond acceptors (Lipinski definition) is 4. The van der Waals surface area contributed by atoms with Crippen LogP contribution in [0.1, 0.15) is 35.2 Å². The number of guanidine groups is 1. The van der Waals surface area contributed by atoms with Gasteiger partial charge in [0.25, 0.3) is 5.91 Å². The molecule has 1 atom stereocenters. The fourth-order valence-corrected chi connectivity index (χ4v) is 2.98. The van der Waals surface area contributed by atoms with Crippen molar-refractivity contribution in [1.29, 1.82) is 0 Å². The monoisotopic (exact) mass is 531 g/mol. The molecule has 1 aliphatic rings. The Kier molecular flexibility index (Phi) is 12.4. The summed E-state index contributed by atoms with van der Waals surface area (Å²) in [6.45, 7) is 2.17. The molecular formula is C21H34IN5O3. The normalized spacial score (nSPS) is 16.2. The van der Waals surface area contributed by atoms with Gasteiger partial charge >= 0.3 is 0 Å². The van der Waals surface area contributed by atoms with Crippen LogP contribution in [0.2, 0.25) is 0 Å². The molecule has 168 valence electrons. The molecule has 9 heteroatoms. The third kappa shape index (κ3) is 9.29. The predicted molar refractivity (Wildman–Crippen MR) is 130 cm³/mol. The number of amides is 2. The summed E-state index contributed by atoms with van der Waals surface area (Å²) in [6, 6.07) is 7.55. The van der Waals surface area contributed by atoms with Gasteiger partial charge in [-0.05, 0) is 43.4 Å². The third-order valence-electron chi connectivity index (χ3n) is 4.76. The molecule has 0 aromatic heterocycles. The third-order valence-corrected chi connectivity index (χ3v) is 4.76. The molecule has 2 amide bonds. The molecule has 1 unspecified atom stereocenters. The predicted octanol–water partition coefficient (Wildman–Crippen LogP) is 1.40. The Morgan fingerprint density at radius 2 is 2.03 bits per heavy atom. The Balaban J connectivity index is 0.00000450. The van der Waals surface area contributed by atoms with E-state index >= 15 is 0 Å². The van der Waals surface area contributed by atoms with E-state index in [1.54, 1.807) is 27.2 Å². The highest BCUT2D eigenvalue weighted by Crippen LogP contribution is 2.11. The van der Waals surface area contributed by atoms with E-state index in [-0.39, 0.29) is 48.4 Å². The standard InChI is InChI=1S/C21H33N5O3.HI/c1-22-20(28)17-8-6-7-16(13-17)10-11-23-21(25-15-19(27)26(2)3)24-14-18-9-4-5-12-29-18;/h6-8,13,18H,4-5,9-12,14-15H2,1-3H3,(H,22,28)(H2,23,24,25);1H. The van der Waals surface area contributed by atoms with Gasteiger partial charge in [-0.1, -0.05) is 12.1 Å². The number of rotatable bonds is 8. The van der Waals surface area contributed by atoms with Crippen LogP contribution in [0.25, 0.3) is 0 Å². The zero-order valence-corrected chi connectivity index (χ0v) is 20.4. The first-order valence-electron chi connectivity index (χ1n) is 10.1. The molecule has 3 N–H and O–H groups in total. The van der Waals surface area contributed by atoms with Crippen LogP contribution in [0.4, 0.5) is 0 Å². The number of benzene rings is 1. The Morgan fingerprint density at radius 3 is 2.70 bits per heavy atom. The van der Waals surface area contributed by atoms with Crippen molar-refractivity contribution in [3.63, 3.8) is 0 Å². The van der Waals surface area contributed by atoms with E-state index < -0.39 is 0 Å². The molecule has 1 fully saturated rings. The van der Waals surface area contributed by atoms with E-state index in [1.807, 2.05) is 18.2 Å². The molecular weight excluding hydrogens is 497 g/mol. The van der Waals surface area contributed by atoms with Crippen molar-refractivity contribution in [3.8, 4) is 0 Å². The number of likely N-dealkylation sites (N-methyl/N-ethyl adjacent to an activating group) is 1. The summed E-state index contributed by atoms with van der Waals surface area (Å²) >= 11 is 0. The minimum absolute atomic E-state index is 0. The van der Waals surface area contributed by atoms with Gasteiger partial charge in [-0.15, -0.1) is 24.0 Å². The number of carbonyl (C=O) groups is 2. The number of hydrogen-bond donors (Lipinski definition) is 3. The zero-order valence-electron chi connectivity index (χ0n) is 18.1. The van der Waals surface area contributed by atoms with Crippen LogP contribution in [-0.2, 0) is 16.0 Å². The van der Waals surface area contributed by atoms with Crippen molar-refractivity contribution < 1.29 is 14.3 Å². The molecule has 0 spiro atoms. The van der Waals surface area contributed by atoms with Gasteiger partial charge < -0.3 is 25.6 Å². The van der Waals surface area contributed by atoms with Crippen molar-refractivity contribution in [2.45, 2.75) is 31.8 Å². The molecule has 0 aliphatic carbocycles. The lowest BCUT2D eigenvalue weighted by Crippen LogP contribution is -2.43. The highest BCUT2D eigenvalue weighted by atomic mass is 127. The topological polar surface area (TPSA) is 95.1 Å². The van der Waals surface area contributed by atoms with Crippen molar-refractivity contribution >= 4 is 41.8 Å². The molecule has 0 bridgehead atoms. The first-order chi connectivity index (χ1) is 14.0. The summed E-state index contributed by atoms with van der Waals surface area (Å²) in [5.41, 5.74) is 1.70. The number of ether oxygens (including phenoxy) is 1. The van der Waals surface area contributed by atoms with E-state index in [9.17, 15) is 9.59 Å². The Hall–Kier alpha value is -1.88. The molecule has 0 saturated carbocycles. The summed E-state index contributed by atoms with van der Waals surface area (Å²) < 4.78 is 5.75. The lowest BCUT2D eigenvalue weighted by Gasteiger charge is -2.24. The van der Waals surface area contributed by atoms with Crippen LogP contribution in [-0.4, -0.2) is 76.2 Å². The van der Waals surface area contributed by atoms with Crippen molar-refractivity contribution in [2.24, 2.45) is 4.99 Å². The maximum absolute atomic E-state index is 11.9. The molecule has 1 aliphatic heterocycles. The highest BCUT2D eigenvalue weighted by Gasteiger charge is 2.14. The van der Waals surface area contributed by atoms with Gasteiger partial charge in [0.15, 0.2) is 5.96 Å². The van der Waals surface area contributed by atoms with Crippen LogP contribution in [0.5, 0.6) is 0 Å². The molecule has 2 rings (SSSR count). The maximum Gasteiger partial charge on any atom is 0.251 e. The van der Waals surface area contributed by atoms with Gasteiger partial charge in [0.2, 0.25) is 5.91 Å². The van der Waals surface area contributed by atoms with Crippen molar-refractivity contribution in [2.75, 3.05) is 47.4 Å². The quantitative estimate of drug-likeness (QED) is 0.268. The van der Waals surface area contributed by atoms with E-state index in [1.165, 1.54) is 11.3 Å². The lowest BCUT2D eigenvalue weighted by atomic mass is 10.1. The summed E-state index contributed by atoms with van der Waals surface area (Å²) in [6.07, 6.45) is 4.22. The number of halogens is 1. The molecule has 8 nitrogen and oxygen atoms in total. The Labute approximate surface area is 196 Å². The van der Waals surface area contributed by atoms with E-state index in [0.29, 0.717) is 24.6 Å². The van der Waals surface area contributed by atoms with Gasteiger partial charge in [0.1, 0.15) is 6.54 Å². The molecule has 1 aromatic carbocycles. The second kappa shape index (κ2) is 14.2. The summed E-state index contributed by atoms with van der Waals surface area (Å²) in [5, 5.41) is 9.20. The second-order valence-corrected chi connectivity index (χ2v) is 7.28. The van der Waals surface area contributed by atoms with Crippen LogP contribution in [0.15, 0.2) is 29.3 Å². The fraction of sp³-hybridized carbons (Fsp3) is 0.571. The van der Waals surface area contributed by atoms with Gasteiger partial charge in [-0.3, -0.25) is 9.59 Å². The van der Waals surface area contributed by atoms with E-state index in [2.05, 4.69) is 20.9 Å². The largest absolute Gasteiger partial charge is 0.376 e. The maximum atomic E-state index is 11.9. The van der Waals surface area contributed by atoms with Gasteiger partial charge in [-0.25, -0.2) is 4.99 Å². The summed E-state index contributed by atoms with van der Waals surface area (Å²) in [7, 11) is 5.05. The first kappa shape index (κ1) is 26.2. The van der Waals surface area contributed by atoms with Crippen molar-refractivity contribution in [3.05, 3.63) is 35.4 Å². The second-order valence-electron chi connectivity index (χ2n) is 7.28. The highest BCUT2D eigenvalue weighted by molar-refractivity contribution is 14.0. The summed E-state index contributed by atoms with van der Waals surface area (Å²) in [5.74, 6) is 0.438. The number of nitrogens with zero attached hydrogens (tertiary/aromatic N) is 2.